The average molecular weight is 336 g/mol. The molecule has 0 aliphatic rings. The van der Waals surface area contributed by atoms with Crippen LogP contribution in [0.3, 0.4) is 0 Å². The van der Waals surface area contributed by atoms with Gasteiger partial charge in [-0.3, -0.25) is 25.0 Å². The van der Waals surface area contributed by atoms with Crippen molar-refractivity contribution >= 4 is 34.6 Å². The van der Waals surface area contributed by atoms with Crippen molar-refractivity contribution in [2.75, 3.05) is 5.32 Å². The molecule has 0 aliphatic heterocycles. The Kier molecular flexibility index (Phi) is 4.56. The summed E-state index contributed by atoms with van der Waals surface area (Å²) in [6.45, 7) is 1.66. The maximum absolute atomic E-state index is 12.3. The van der Waals surface area contributed by atoms with Gasteiger partial charge in [-0.2, -0.15) is 0 Å². The molecule has 0 atom stereocenters. The van der Waals surface area contributed by atoms with Crippen LogP contribution in [0, 0.1) is 27.2 Å². The second-order valence-corrected chi connectivity index (χ2v) is 5.04. The Hall–Kier alpha value is -3.00. The predicted molar refractivity (Wildman–Crippen MR) is 83.9 cm³/mol. The summed E-state index contributed by atoms with van der Waals surface area (Å²) < 4.78 is 0. The first-order valence-corrected chi connectivity index (χ1v) is 6.67. The number of halogens is 1. The molecule has 2 aromatic carbocycles. The molecule has 0 saturated heterocycles. The number of non-ortho nitro benzene ring substituents is 2. The highest BCUT2D eigenvalue weighted by Crippen LogP contribution is 2.26. The van der Waals surface area contributed by atoms with Crippen LogP contribution in [-0.4, -0.2) is 15.8 Å². The van der Waals surface area contributed by atoms with E-state index in [2.05, 4.69) is 5.32 Å². The zero-order chi connectivity index (χ0) is 17.1. The molecule has 2 rings (SSSR count). The Labute approximate surface area is 135 Å². The Morgan fingerprint density at radius 3 is 2.22 bits per heavy atom. The standard InChI is InChI=1S/C14H10ClN3O5/c1-8-2-3-10(18(22)23)7-13(8)16-14(19)11-6-9(17(20)21)4-5-12(11)15/h2-7H,1H3,(H,16,19). The highest BCUT2D eigenvalue weighted by molar-refractivity contribution is 6.34. The largest absolute Gasteiger partial charge is 0.321 e. The Bertz CT molecular complexity index is 822. The van der Waals surface area contributed by atoms with Crippen LogP contribution in [0.1, 0.15) is 15.9 Å². The van der Waals surface area contributed by atoms with Crippen LogP contribution in [0.4, 0.5) is 17.1 Å². The van der Waals surface area contributed by atoms with Crippen LogP contribution < -0.4 is 5.32 Å². The van der Waals surface area contributed by atoms with Gasteiger partial charge in [0.2, 0.25) is 0 Å². The van der Waals surface area contributed by atoms with Crippen LogP contribution >= 0.6 is 11.6 Å². The molecule has 0 aliphatic carbocycles. The number of benzene rings is 2. The fourth-order valence-electron chi connectivity index (χ4n) is 1.85. The highest BCUT2D eigenvalue weighted by atomic mass is 35.5. The molecule has 1 N–H and O–H groups in total. The number of carbonyl (C=O) groups is 1. The molecule has 0 aromatic heterocycles. The molecule has 0 fully saturated rings. The molecular weight excluding hydrogens is 326 g/mol. The van der Waals surface area contributed by atoms with E-state index >= 15 is 0 Å². The van der Waals surface area contributed by atoms with Gasteiger partial charge in [0, 0.05) is 24.3 Å². The second-order valence-electron chi connectivity index (χ2n) is 4.63. The molecule has 0 saturated carbocycles. The molecular formula is C14H10ClN3O5. The number of nitrogens with zero attached hydrogens (tertiary/aromatic N) is 2. The summed E-state index contributed by atoms with van der Waals surface area (Å²) in [6, 6.07) is 7.48. The summed E-state index contributed by atoms with van der Waals surface area (Å²) in [5.74, 6) is -0.692. The minimum atomic E-state index is -0.692. The van der Waals surface area contributed by atoms with E-state index in [1.165, 1.54) is 30.3 Å². The van der Waals surface area contributed by atoms with Crippen LogP contribution in [0.25, 0.3) is 0 Å². The molecule has 0 bridgehead atoms. The van der Waals surface area contributed by atoms with Gasteiger partial charge in [0.1, 0.15) is 0 Å². The highest BCUT2D eigenvalue weighted by Gasteiger charge is 2.17. The summed E-state index contributed by atoms with van der Waals surface area (Å²) in [5, 5.41) is 24.1. The van der Waals surface area contributed by atoms with E-state index in [0.717, 1.165) is 6.07 Å². The van der Waals surface area contributed by atoms with E-state index in [1.54, 1.807) is 6.92 Å². The van der Waals surface area contributed by atoms with E-state index < -0.39 is 15.8 Å². The lowest BCUT2D eigenvalue weighted by molar-refractivity contribution is -0.385. The smallest absolute Gasteiger partial charge is 0.271 e. The molecule has 8 nitrogen and oxygen atoms in total. The van der Waals surface area contributed by atoms with Gasteiger partial charge >= 0.3 is 0 Å². The lowest BCUT2D eigenvalue weighted by Crippen LogP contribution is -2.14. The van der Waals surface area contributed by atoms with Gasteiger partial charge in [-0.05, 0) is 18.6 Å². The van der Waals surface area contributed by atoms with Crippen molar-refractivity contribution in [1.29, 1.82) is 0 Å². The van der Waals surface area contributed by atoms with Crippen LogP contribution in [0.15, 0.2) is 36.4 Å². The van der Waals surface area contributed by atoms with Crippen molar-refractivity contribution < 1.29 is 14.6 Å². The van der Waals surface area contributed by atoms with Crippen molar-refractivity contribution in [2.45, 2.75) is 6.92 Å². The van der Waals surface area contributed by atoms with Gasteiger partial charge in [0.15, 0.2) is 0 Å². The van der Waals surface area contributed by atoms with Gasteiger partial charge in [-0.25, -0.2) is 0 Å². The van der Waals surface area contributed by atoms with E-state index in [4.69, 9.17) is 11.6 Å². The number of aryl methyl sites for hydroxylation is 1. The van der Waals surface area contributed by atoms with Gasteiger partial charge in [0.25, 0.3) is 17.3 Å². The van der Waals surface area contributed by atoms with E-state index in [9.17, 15) is 25.0 Å². The van der Waals surface area contributed by atoms with Crippen molar-refractivity contribution in [2.24, 2.45) is 0 Å². The molecule has 1 amide bonds. The minimum Gasteiger partial charge on any atom is -0.321 e. The van der Waals surface area contributed by atoms with Gasteiger partial charge in [-0.15, -0.1) is 0 Å². The van der Waals surface area contributed by atoms with Gasteiger partial charge in [-0.1, -0.05) is 17.7 Å². The van der Waals surface area contributed by atoms with Gasteiger partial charge in [0.05, 0.1) is 26.1 Å². The second kappa shape index (κ2) is 6.41. The summed E-state index contributed by atoms with van der Waals surface area (Å²) in [6.07, 6.45) is 0. The molecule has 2 aromatic rings. The zero-order valence-electron chi connectivity index (χ0n) is 11.8. The Morgan fingerprint density at radius 1 is 1.04 bits per heavy atom. The molecule has 0 spiro atoms. The molecule has 9 heteroatoms. The molecule has 118 valence electrons. The third kappa shape index (κ3) is 3.61. The summed E-state index contributed by atoms with van der Waals surface area (Å²) in [5.41, 5.74) is 0.274. The monoisotopic (exact) mass is 335 g/mol. The normalized spacial score (nSPS) is 10.2. The first-order chi connectivity index (χ1) is 10.8. The maximum Gasteiger partial charge on any atom is 0.271 e. The number of nitro groups is 2. The van der Waals surface area contributed by atoms with Crippen molar-refractivity contribution in [3.8, 4) is 0 Å². The van der Waals surface area contributed by atoms with Crippen molar-refractivity contribution in [1.82, 2.24) is 0 Å². The molecule has 0 radical (unpaired) electrons. The lowest BCUT2D eigenvalue weighted by Gasteiger charge is -2.09. The van der Waals surface area contributed by atoms with E-state index in [1.807, 2.05) is 0 Å². The first kappa shape index (κ1) is 16.4. The summed E-state index contributed by atoms with van der Waals surface area (Å²) in [4.78, 5) is 32.6. The maximum atomic E-state index is 12.3. The third-order valence-electron chi connectivity index (χ3n) is 3.09. The molecule has 23 heavy (non-hydrogen) atoms. The zero-order valence-corrected chi connectivity index (χ0v) is 12.5. The number of hydrogen-bond acceptors (Lipinski definition) is 5. The van der Waals surface area contributed by atoms with E-state index in [-0.39, 0.29) is 27.6 Å². The predicted octanol–water partition coefficient (Wildman–Crippen LogP) is 3.72. The number of hydrogen-bond donors (Lipinski definition) is 1. The number of rotatable bonds is 4. The topological polar surface area (TPSA) is 115 Å². The van der Waals surface area contributed by atoms with Crippen LogP contribution in [0.5, 0.6) is 0 Å². The Balaban J connectivity index is 2.36. The molecule has 0 heterocycles. The molecule has 0 unspecified atom stereocenters. The number of amides is 1. The minimum absolute atomic E-state index is 0.0381. The van der Waals surface area contributed by atoms with Crippen molar-refractivity contribution in [3.05, 3.63) is 72.8 Å². The third-order valence-corrected chi connectivity index (χ3v) is 3.42. The van der Waals surface area contributed by atoms with E-state index in [0.29, 0.717) is 5.56 Å². The number of anilines is 1. The SMILES string of the molecule is Cc1ccc([N+](=O)[O-])cc1NC(=O)c1cc([N+](=O)[O-])ccc1Cl. The van der Waals surface area contributed by atoms with Gasteiger partial charge < -0.3 is 5.32 Å². The Morgan fingerprint density at radius 2 is 1.61 bits per heavy atom. The summed E-state index contributed by atoms with van der Waals surface area (Å²) in [7, 11) is 0. The number of nitro benzene ring substituents is 2. The summed E-state index contributed by atoms with van der Waals surface area (Å²) >= 11 is 5.89. The quantitative estimate of drug-likeness (QED) is 0.675. The fraction of sp³-hybridized carbons (Fsp3) is 0.0714. The first-order valence-electron chi connectivity index (χ1n) is 6.30. The van der Waals surface area contributed by atoms with Crippen LogP contribution in [-0.2, 0) is 0 Å². The lowest BCUT2D eigenvalue weighted by atomic mass is 10.1. The average Bonchev–Trinajstić information content (AvgIpc) is 2.49. The number of carbonyl (C=O) groups excluding carboxylic acids is 1. The fourth-order valence-corrected chi connectivity index (χ4v) is 2.05. The number of nitrogens with one attached hydrogen (secondary N) is 1. The van der Waals surface area contributed by atoms with Crippen molar-refractivity contribution in [3.63, 3.8) is 0 Å². The van der Waals surface area contributed by atoms with Crippen LogP contribution in [0.2, 0.25) is 5.02 Å².